The zero-order chi connectivity index (χ0) is 11.5. The molecule has 0 saturated carbocycles. The molecular formula is C11H13N3O2. The van der Waals surface area contributed by atoms with Crippen molar-refractivity contribution in [2.75, 3.05) is 0 Å². The summed E-state index contributed by atoms with van der Waals surface area (Å²) in [5.74, 6) is 1.10. The van der Waals surface area contributed by atoms with Gasteiger partial charge in [0.15, 0.2) is 5.75 Å². The quantitative estimate of drug-likeness (QED) is 0.847. The number of rotatable bonds is 3. The Bertz CT molecular complexity index is 494. The van der Waals surface area contributed by atoms with Crippen molar-refractivity contribution in [3.8, 4) is 11.6 Å². The molecule has 0 saturated heterocycles. The lowest BCUT2D eigenvalue weighted by molar-refractivity contribution is 0.281. The van der Waals surface area contributed by atoms with E-state index in [0.717, 1.165) is 11.3 Å². The van der Waals surface area contributed by atoms with Gasteiger partial charge >= 0.3 is 0 Å². The van der Waals surface area contributed by atoms with Crippen LogP contribution >= 0.6 is 0 Å². The molecule has 0 amide bonds. The summed E-state index contributed by atoms with van der Waals surface area (Å²) >= 11 is 0. The minimum Gasteiger partial charge on any atom is -0.436 e. The molecule has 1 N–H and O–H groups in total. The number of nitrogens with zero attached hydrogens (tertiary/aromatic N) is 3. The van der Waals surface area contributed by atoms with Crippen molar-refractivity contribution in [2.24, 2.45) is 7.05 Å². The third-order valence-corrected chi connectivity index (χ3v) is 2.08. The van der Waals surface area contributed by atoms with Crippen molar-refractivity contribution in [1.82, 2.24) is 14.8 Å². The highest BCUT2D eigenvalue weighted by Crippen LogP contribution is 2.20. The molecule has 2 aromatic heterocycles. The van der Waals surface area contributed by atoms with Crippen LogP contribution in [0.25, 0.3) is 0 Å². The van der Waals surface area contributed by atoms with Gasteiger partial charge in [-0.25, -0.2) is 4.98 Å². The molecule has 0 unspecified atom stereocenters. The number of ether oxygens (including phenoxy) is 1. The van der Waals surface area contributed by atoms with E-state index in [2.05, 4.69) is 10.1 Å². The predicted octanol–water partition coefficient (Wildman–Crippen LogP) is 1.41. The summed E-state index contributed by atoms with van der Waals surface area (Å²) in [6.07, 6.45) is 3.37. The van der Waals surface area contributed by atoms with Crippen LogP contribution in [-0.2, 0) is 13.7 Å². The fraction of sp³-hybridized carbons (Fsp3) is 0.273. The molecule has 16 heavy (non-hydrogen) atoms. The standard InChI is InChI=1S/C11H13N3O2/c1-8-3-9(7-15)4-11(13-8)16-10-5-12-14(2)6-10/h3-6,15H,7H2,1-2H3. The summed E-state index contributed by atoms with van der Waals surface area (Å²) in [4.78, 5) is 4.22. The van der Waals surface area contributed by atoms with Gasteiger partial charge in [-0.2, -0.15) is 5.10 Å². The Kier molecular flexibility index (Phi) is 2.87. The molecule has 84 valence electrons. The van der Waals surface area contributed by atoms with Crippen molar-refractivity contribution in [2.45, 2.75) is 13.5 Å². The van der Waals surface area contributed by atoms with E-state index in [1.807, 2.05) is 20.0 Å². The second-order valence-electron chi connectivity index (χ2n) is 3.56. The lowest BCUT2D eigenvalue weighted by atomic mass is 10.2. The van der Waals surface area contributed by atoms with E-state index in [9.17, 15) is 0 Å². The van der Waals surface area contributed by atoms with Crippen molar-refractivity contribution in [3.63, 3.8) is 0 Å². The van der Waals surface area contributed by atoms with Gasteiger partial charge in [-0.15, -0.1) is 0 Å². The van der Waals surface area contributed by atoms with Gasteiger partial charge in [0.05, 0.1) is 19.0 Å². The molecule has 2 heterocycles. The fourth-order valence-electron chi connectivity index (χ4n) is 1.42. The number of pyridine rings is 1. The number of hydrogen-bond donors (Lipinski definition) is 1. The highest BCUT2D eigenvalue weighted by atomic mass is 16.5. The summed E-state index contributed by atoms with van der Waals surface area (Å²) in [5, 5.41) is 13.0. The predicted molar refractivity (Wildman–Crippen MR) is 58.2 cm³/mol. The molecule has 0 aliphatic heterocycles. The number of aryl methyl sites for hydroxylation is 2. The maximum Gasteiger partial charge on any atom is 0.219 e. The average Bonchev–Trinajstić information content (AvgIpc) is 2.63. The summed E-state index contributed by atoms with van der Waals surface area (Å²) in [5.41, 5.74) is 1.59. The maximum absolute atomic E-state index is 9.06. The first-order valence-corrected chi connectivity index (χ1v) is 4.92. The van der Waals surface area contributed by atoms with Crippen LogP contribution in [0.4, 0.5) is 0 Å². The van der Waals surface area contributed by atoms with E-state index in [1.165, 1.54) is 0 Å². The van der Waals surface area contributed by atoms with Gasteiger partial charge in [-0.3, -0.25) is 4.68 Å². The summed E-state index contributed by atoms with van der Waals surface area (Å²) in [6, 6.07) is 3.52. The van der Waals surface area contributed by atoms with Gasteiger partial charge in [0, 0.05) is 18.8 Å². The molecule has 5 nitrogen and oxygen atoms in total. The van der Waals surface area contributed by atoms with E-state index in [-0.39, 0.29) is 6.61 Å². The Labute approximate surface area is 93.3 Å². The molecule has 0 radical (unpaired) electrons. The van der Waals surface area contributed by atoms with Crippen LogP contribution in [0, 0.1) is 6.92 Å². The molecule has 5 heteroatoms. The number of aliphatic hydroxyl groups excluding tert-OH is 1. The largest absolute Gasteiger partial charge is 0.436 e. The smallest absolute Gasteiger partial charge is 0.219 e. The van der Waals surface area contributed by atoms with Crippen molar-refractivity contribution < 1.29 is 9.84 Å². The highest BCUT2D eigenvalue weighted by molar-refractivity contribution is 5.27. The zero-order valence-corrected chi connectivity index (χ0v) is 9.21. The number of hydrogen-bond acceptors (Lipinski definition) is 4. The summed E-state index contributed by atoms with van der Waals surface area (Å²) < 4.78 is 7.17. The van der Waals surface area contributed by atoms with Crippen LogP contribution in [0.15, 0.2) is 24.5 Å². The first-order valence-electron chi connectivity index (χ1n) is 4.92. The van der Waals surface area contributed by atoms with E-state index in [0.29, 0.717) is 11.6 Å². The molecule has 0 fully saturated rings. The Morgan fingerprint density at radius 3 is 2.88 bits per heavy atom. The van der Waals surface area contributed by atoms with Gasteiger partial charge in [0.2, 0.25) is 5.88 Å². The topological polar surface area (TPSA) is 60.2 Å². The van der Waals surface area contributed by atoms with E-state index < -0.39 is 0 Å². The molecular weight excluding hydrogens is 206 g/mol. The Morgan fingerprint density at radius 1 is 1.44 bits per heavy atom. The van der Waals surface area contributed by atoms with E-state index in [4.69, 9.17) is 9.84 Å². The minimum absolute atomic E-state index is 0.0211. The molecule has 0 spiro atoms. The van der Waals surface area contributed by atoms with Crippen LogP contribution < -0.4 is 4.74 Å². The molecule has 2 rings (SSSR count). The van der Waals surface area contributed by atoms with Crippen LogP contribution in [0.1, 0.15) is 11.3 Å². The molecule has 0 aliphatic rings. The third-order valence-electron chi connectivity index (χ3n) is 2.08. The summed E-state index contributed by atoms with van der Waals surface area (Å²) in [6.45, 7) is 1.84. The van der Waals surface area contributed by atoms with Gasteiger partial charge in [-0.1, -0.05) is 0 Å². The first kappa shape index (κ1) is 10.6. The van der Waals surface area contributed by atoms with Crippen molar-refractivity contribution in [1.29, 1.82) is 0 Å². The van der Waals surface area contributed by atoms with Crippen molar-refractivity contribution in [3.05, 3.63) is 35.8 Å². The molecule has 0 bridgehead atoms. The van der Waals surface area contributed by atoms with Gasteiger partial charge in [-0.05, 0) is 18.6 Å². The Hall–Kier alpha value is -1.88. The monoisotopic (exact) mass is 219 g/mol. The zero-order valence-electron chi connectivity index (χ0n) is 9.21. The summed E-state index contributed by atoms with van der Waals surface area (Å²) in [7, 11) is 1.82. The van der Waals surface area contributed by atoms with Crippen LogP contribution in [0.3, 0.4) is 0 Å². The first-order chi connectivity index (χ1) is 7.67. The van der Waals surface area contributed by atoms with Crippen molar-refractivity contribution >= 4 is 0 Å². The average molecular weight is 219 g/mol. The maximum atomic E-state index is 9.06. The lowest BCUT2D eigenvalue weighted by Gasteiger charge is -2.04. The molecule has 0 aromatic carbocycles. The van der Waals surface area contributed by atoms with E-state index >= 15 is 0 Å². The lowest BCUT2D eigenvalue weighted by Crippen LogP contribution is -1.93. The second kappa shape index (κ2) is 4.32. The van der Waals surface area contributed by atoms with E-state index in [1.54, 1.807) is 23.1 Å². The SMILES string of the molecule is Cc1cc(CO)cc(Oc2cnn(C)c2)n1. The second-order valence-corrected chi connectivity index (χ2v) is 3.56. The molecule has 0 atom stereocenters. The molecule has 2 aromatic rings. The number of aliphatic hydroxyl groups is 1. The van der Waals surface area contributed by atoms with Gasteiger partial charge in [0.1, 0.15) is 0 Å². The van der Waals surface area contributed by atoms with Crippen LogP contribution in [0.5, 0.6) is 11.6 Å². The van der Waals surface area contributed by atoms with Gasteiger partial charge < -0.3 is 9.84 Å². The molecule has 0 aliphatic carbocycles. The Morgan fingerprint density at radius 2 is 2.25 bits per heavy atom. The van der Waals surface area contributed by atoms with Crippen LogP contribution in [-0.4, -0.2) is 19.9 Å². The van der Waals surface area contributed by atoms with Gasteiger partial charge in [0.25, 0.3) is 0 Å². The normalized spacial score (nSPS) is 10.4. The third kappa shape index (κ3) is 2.38. The Balaban J connectivity index is 2.24. The fourth-order valence-corrected chi connectivity index (χ4v) is 1.42. The van der Waals surface area contributed by atoms with Crippen LogP contribution in [0.2, 0.25) is 0 Å². The minimum atomic E-state index is -0.0211. The number of aromatic nitrogens is 3. The highest BCUT2D eigenvalue weighted by Gasteiger charge is 2.03.